The number of hydrogen-bond donors (Lipinski definition) is 0. The lowest BCUT2D eigenvalue weighted by Gasteiger charge is -2.03. The van der Waals surface area contributed by atoms with E-state index in [1.807, 2.05) is 48.9 Å². The predicted octanol–water partition coefficient (Wildman–Crippen LogP) is 3.71. The molecular formula is C16H13NO2S. The molecule has 0 saturated heterocycles. The number of aryl methyl sites for hydroxylation is 2. The van der Waals surface area contributed by atoms with Gasteiger partial charge in [0.15, 0.2) is 5.70 Å². The van der Waals surface area contributed by atoms with Crippen LogP contribution in [0.15, 0.2) is 45.7 Å². The molecule has 0 radical (unpaired) electrons. The Balaban J connectivity index is 1.96. The normalized spacial score (nSPS) is 16.4. The summed E-state index contributed by atoms with van der Waals surface area (Å²) in [6.07, 6.45) is 1.74. The van der Waals surface area contributed by atoms with E-state index in [0.717, 1.165) is 16.7 Å². The molecule has 2 aromatic rings. The second-order valence-electron chi connectivity index (χ2n) is 4.69. The minimum Gasteiger partial charge on any atom is -0.402 e. The third-order valence-electron chi connectivity index (χ3n) is 3.22. The maximum absolute atomic E-state index is 11.8. The topological polar surface area (TPSA) is 38.7 Å². The summed E-state index contributed by atoms with van der Waals surface area (Å²) in [5.74, 6) is -0.0241. The Morgan fingerprint density at radius 2 is 2.05 bits per heavy atom. The first-order chi connectivity index (χ1) is 9.63. The molecule has 0 spiro atoms. The maximum atomic E-state index is 11.8. The number of benzene rings is 1. The molecule has 3 rings (SSSR count). The van der Waals surface area contributed by atoms with Crippen LogP contribution >= 0.6 is 11.3 Å². The molecule has 0 N–H and O–H groups in total. The van der Waals surface area contributed by atoms with E-state index >= 15 is 0 Å². The molecule has 0 fully saturated rings. The van der Waals surface area contributed by atoms with Crippen molar-refractivity contribution in [3.8, 4) is 0 Å². The second kappa shape index (κ2) is 5.06. The molecular weight excluding hydrogens is 270 g/mol. The molecule has 0 atom stereocenters. The smallest absolute Gasteiger partial charge is 0.363 e. The molecule has 100 valence electrons. The van der Waals surface area contributed by atoms with Crippen molar-refractivity contribution < 1.29 is 9.53 Å². The van der Waals surface area contributed by atoms with Crippen molar-refractivity contribution >= 4 is 29.3 Å². The van der Waals surface area contributed by atoms with Crippen LogP contribution in [-0.2, 0) is 9.53 Å². The van der Waals surface area contributed by atoms with Crippen molar-refractivity contribution in [2.45, 2.75) is 13.8 Å². The number of thiophene rings is 1. The molecule has 0 saturated carbocycles. The molecule has 4 heteroatoms. The first-order valence-corrected chi connectivity index (χ1v) is 7.20. The number of carbonyl (C=O) groups excluding carboxylic acids is 1. The van der Waals surface area contributed by atoms with Crippen LogP contribution in [0.4, 0.5) is 0 Å². The van der Waals surface area contributed by atoms with Gasteiger partial charge in [-0.1, -0.05) is 6.07 Å². The predicted molar refractivity (Wildman–Crippen MR) is 80.8 cm³/mol. The van der Waals surface area contributed by atoms with Gasteiger partial charge in [-0.2, -0.15) is 11.3 Å². The van der Waals surface area contributed by atoms with Crippen LogP contribution in [0.2, 0.25) is 0 Å². The molecule has 1 aromatic carbocycles. The minimum atomic E-state index is -0.399. The van der Waals surface area contributed by atoms with E-state index in [9.17, 15) is 4.79 Å². The van der Waals surface area contributed by atoms with Crippen LogP contribution < -0.4 is 0 Å². The van der Waals surface area contributed by atoms with E-state index in [2.05, 4.69) is 4.99 Å². The van der Waals surface area contributed by atoms with Gasteiger partial charge in [0.25, 0.3) is 0 Å². The Morgan fingerprint density at radius 3 is 2.75 bits per heavy atom. The molecule has 0 amide bonds. The van der Waals surface area contributed by atoms with Gasteiger partial charge in [-0.05, 0) is 65.6 Å². The number of hydrogen-bond acceptors (Lipinski definition) is 4. The fourth-order valence-electron chi connectivity index (χ4n) is 1.92. The van der Waals surface area contributed by atoms with Gasteiger partial charge < -0.3 is 4.74 Å². The highest BCUT2D eigenvalue weighted by molar-refractivity contribution is 7.08. The lowest BCUT2D eigenvalue weighted by atomic mass is 10.1. The number of esters is 1. The Bertz CT molecular complexity index is 727. The zero-order valence-corrected chi connectivity index (χ0v) is 12.0. The van der Waals surface area contributed by atoms with Crippen molar-refractivity contribution in [3.05, 3.63) is 63.0 Å². The van der Waals surface area contributed by atoms with Gasteiger partial charge in [0.05, 0.1) is 0 Å². The highest BCUT2D eigenvalue weighted by Gasteiger charge is 2.24. The van der Waals surface area contributed by atoms with Gasteiger partial charge in [0, 0.05) is 5.56 Å². The maximum Gasteiger partial charge on any atom is 0.363 e. The van der Waals surface area contributed by atoms with Crippen LogP contribution in [0.1, 0.15) is 22.3 Å². The Morgan fingerprint density at radius 1 is 1.20 bits per heavy atom. The molecule has 0 bridgehead atoms. The van der Waals surface area contributed by atoms with Crippen LogP contribution in [-0.4, -0.2) is 11.9 Å². The van der Waals surface area contributed by atoms with Crippen molar-refractivity contribution in [2.24, 2.45) is 4.99 Å². The fraction of sp³-hybridized carbons (Fsp3) is 0.125. The summed E-state index contributed by atoms with van der Waals surface area (Å²) in [6.45, 7) is 4.07. The molecule has 1 aliphatic rings. The summed E-state index contributed by atoms with van der Waals surface area (Å²) in [6, 6.07) is 7.84. The van der Waals surface area contributed by atoms with E-state index < -0.39 is 5.97 Å². The largest absolute Gasteiger partial charge is 0.402 e. The zero-order chi connectivity index (χ0) is 14.1. The average Bonchev–Trinajstić information content (AvgIpc) is 3.04. The van der Waals surface area contributed by atoms with Gasteiger partial charge in [-0.3, -0.25) is 0 Å². The van der Waals surface area contributed by atoms with E-state index in [1.54, 1.807) is 17.4 Å². The van der Waals surface area contributed by atoms with E-state index in [0.29, 0.717) is 11.6 Å². The van der Waals surface area contributed by atoms with Gasteiger partial charge in [-0.15, -0.1) is 0 Å². The Kier molecular flexibility index (Phi) is 3.24. The first kappa shape index (κ1) is 12.8. The van der Waals surface area contributed by atoms with E-state index in [-0.39, 0.29) is 0 Å². The molecule has 0 aliphatic carbocycles. The number of ether oxygens (including phenoxy) is 1. The SMILES string of the molecule is Cc1ccc(C2=N/C(=C\c3ccsc3)C(=O)O2)cc1C. The Hall–Kier alpha value is -2.20. The number of cyclic esters (lactones) is 1. The lowest BCUT2D eigenvalue weighted by Crippen LogP contribution is -2.05. The zero-order valence-electron chi connectivity index (χ0n) is 11.2. The lowest BCUT2D eigenvalue weighted by molar-refractivity contribution is -0.129. The standard InChI is InChI=1S/C16H13NO2S/c1-10-3-4-13(7-11(10)2)15-17-14(16(18)19-15)8-12-5-6-20-9-12/h3-9H,1-2H3/b14-8-. The van der Waals surface area contributed by atoms with E-state index in [1.165, 1.54) is 5.56 Å². The summed E-state index contributed by atoms with van der Waals surface area (Å²) >= 11 is 1.58. The van der Waals surface area contributed by atoms with Crippen LogP contribution in [0.25, 0.3) is 6.08 Å². The molecule has 20 heavy (non-hydrogen) atoms. The third-order valence-corrected chi connectivity index (χ3v) is 3.92. The van der Waals surface area contributed by atoms with Gasteiger partial charge in [-0.25, -0.2) is 9.79 Å². The van der Waals surface area contributed by atoms with Crippen molar-refractivity contribution in [1.29, 1.82) is 0 Å². The molecule has 3 nitrogen and oxygen atoms in total. The minimum absolute atomic E-state index is 0.344. The first-order valence-electron chi connectivity index (χ1n) is 6.26. The Labute approximate surface area is 121 Å². The van der Waals surface area contributed by atoms with Crippen molar-refractivity contribution in [3.63, 3.8) is 0 Å². The van der Waals surface area contributed by atoms with Crippen LogP contribution in [0.3, 0.4) is 0 Å². The number of rotatable bonds is 2. The summed E-state index contributed by atoms with van der Waals surface area (Å²) < 4.78 is 5.25. The second-order valence-corrected chi connectivity index (χ2v) is 5.47. The molecule has 1 aliphatic heterocycles. The third kappa shape index (κ3) is 2.42. The summed E-state index contributed by atoms with van der Waals surface area (Å²) in [7, 11) is 0. The number of nitrogens with zero attached hydrogens (tertiary/aromatic N) is 1. The summed E-state index contributed by atoms with van der Waals surface area (Å²) in [4.78, 5) is 16.1. The number of carbonyl (C=O) groups is 1. The molecule has 1 aromatic heterocycles. The quantitative estimate of drug-likeness (QED) is 0.622. The van der Waals surface area contributed by atoms with Crippen LogP contribution in [0, 0.1) is 13.8 Å². The monoisotopic (exact) mass is 283 g/mol. The van der Waals surface area contributed by atoms with Gasteiger partial charge >= 0.3 is 5.97 Å². The average molecular weight is 283 g/mol. The number of aliphatic imine (C=N–C) groups is 1. The van der Waals surface area contributed by atoms with Crippen LogP contribution in [0.5, 0.6) is 0 Å². The molecule has 0 unspecified atom stereocenters. The fourth-order valence-corrected chi connectivity index (χ4v) is 2.54. The highest BCUT2D eigenvalue weighted by Crippen LogP contribution is 2.21. The van der Waals surface area contributed by atoms with Gasteiger partial charge in [0.1, 0.15) is 0 Å². The van der Waals surface area contributed by atoms with Crippen molar-refractivity contribution in [2.75, 3.05) is 0 Å². The summed E-state index contributed by atoms with van der Waals surface area (Å²) in [5, 5.41) is 3.92. The summed E-state index contributed by atoms with van der Waals surface area (Å²) in [5.41, 5.74) is 4.49. The molecule has 2 heterocycles. The van der Waals surface area contributed by atoms with Gasteiger partial charge in [0.2, 0.25) is 5.90 Å². The van der Waals surface area contributed by atoms with E-state index in [4.69, 9.17) is 4.74 Å². The van der Waals surface area contributed by atoms with Crippen molar-refractivity contribution in [1.82, 2.24) is 0 Å². The highest BCUT2D eigenvalue weighted by atomic mass is 32.1.